The summed E-state index contributed by atoms with van der Waals surface area (Å²) in [4.78, 5) is 0. The lowest BCUT2D eigenvalue weighted by atomic mass is 10.1. The van der Waals surface area contributed by atoms with Crippen molar-refractivity contribution < 1.29 is 8.78 Å². The molecule has 0 N–H and O–H groups in total. The molecule has 0 aromatic carbocycles. The average molecular weight is 174 g/mol. The molecule has 0 bridgehead atoms. The fraction of sp³-hybridized carbons (Fsp3) is 0.625. The SMILES string of the molecule is CC(C)c1cnn(C(C)(F)F)c1. The first-order chi connectivity index (χ1) is 5.41. The highest BCUT2D eigenvalue weighted by atomic mass is 19.3. The van der Waals surface area contributed by atoms with E-state index < -0.39 is 6.05 Å². The normalized spacial score (nSPS) is 12.5. The van der Waals surface area contributed by atoms with Gasteiger partial charge in [-0.2, -0.15) is 13.9 Å². The van der Waals surface area contributed by atoms with Crippen molar-refractivity contribution in [3.63, 3.8) is 0 Å². The Balaban J connectivity index is 2.92. The zero-order valence-corrected chi connectivity index (χ0v) is 7.38. The summed E-state index contributed by atoms with van der Waals surface area (Å²) in [7, 11) is 0. The quantitative estimate of drug-likeness (QED) is 0.673. The standard InChI is InChI=1S/C8H12F2N2/c1-6(2)7-4-11-12(5-7)8(3,9)10/h4-6H,1-3H3. The lowest BCUT2D eigenvalue weighted by molar-refractivity contribution is -0.0723. The molecule has 12 heavy (non-hydrogen) atoms. The van der Waals surface area contributed by atoms with Crippen LogP contribution in [0, 0.1) is 0 Å². The van der Waals surface area contributed by atoms with Gasteiger partial charge in [0.1, 0.15) is 0 Å². The smallest absolute Gasteiger partial charge is 0.209 e. The first-order valence-electron chi connectivity index (χ1n) is 3.84. The van der Waals surface area contributed by atoms with Gasteiger partial charge in [0, 0.05) is 13.1 Å². The fourth-order valence-electron chi connectivity index (χ4n) is 0.850. The number of rotatable bonds is 2. The first-order valence-corrected chi connectivity index (χ1v) is 3.84. The summed E-state index contributed by atoms with van der Waals surface area (Å²) >= 11 is 0. The Hall–Kier alpha value is -0.930. The minimum Gasteiger partial charge on any atom is -0.209 e. The van der Waals surface area contributed by atoms with E-state index in [0.29, 0.717) is 4.68 Å². The van der Waals surface area contributed by atoms with E-state index in [1.807, 2.05) is 13.8 Å². The summed E-state index contributed by atoms with van der Waals surface area (Å²) in [6, 6.07) is -2.90. The minimum atomic E-state index is -2.90. The van der Waals surface area contributed by atoms with Crippen LogP contribution in [0.1, 0.15) is 32.3 Å². The molecule has 1 aromatic rings. The highest BCUT2D eigenvalue weighted by Gasteiger charge is 2.24. The highest BCUT2D eigenvalue weighted by molar-refractivity contribution is 5.09. The Morgan fingerprint density at radius 3 is 2.33 bits per heavy atom. The van der Waals surface area contributed by atoms with Gasteiger partial charge in [0.25, 0.3) is 0 Å². The molecule has 2 nitrogen and oxygen atoms in total. The third-order valence-corrected chi connectivity index (χ3v) is 1.67. The zero-order chi connectivity index (χ0) is 9.35. The molecule has 0 unspecified atom stereocenters. The van der Waals surface area contributed by atoms with E-state index in [2.05, 4.69) is 5.10 Å². The van der Waals surface area contributed by atoms with Crippen molar-refractivity contribution >= 4 is 0 Å². The number of alkyl halides is 2. The highest BCUT2D eigenvalue weighted by Crippen LogP contribution is 2.21. The van der Waals surface area contributed by atoms with Crippen LogP contribution >= 0.6 is 0 Å². The number of hydrogen-bond acceptors (Lipinski definition) is 1. The predicted octanol–water partition coefficient (Wildman–Crippen LogP) is 2.58. The molecule has 0 saturated heterocycles. The second-order valence-electron chi connectivity index (χ2n) is 3.21. The van der Waals surface area contributed by atoms with Gasteiger partial charge < -0.3 is 0 Å². The summed E-state index contributed by atoms with van der Waals surface area (Å²) in [5.41, 5.74) is 0.830. The van der Waals surface area contributed by atoms with Crippen molar-refractivity contribution in [3.05, 3.63) is 18.0 Å². The van der Waals surface area contributed by atoms with Crippen molar-refractivity contribution in [1.29, 1.82) is 0 Å². The summed E-state index contributed by atoms with van der Waals surface area (Å²) in [6.07, 6.45) is 2.85. The summed E-state index contributed by atoms with van der Waals surface area (Å²) < 4.78 is 25.9. The van der Waals surface area contributed by atoms with Crippen LogP contribution in [-0.2, 0) is 6.05 Å². The average Bonchev–Trinajstić information content (AvgIpc) is 2.30. The molecule has 0 saturated carbocycles. The van der Waals surface area contributed by atoms with Gasteiger partial charge in [-0.15, -0.1) is 0 Å². The third-order valence-electron chi connectivity index (χ3n) is 1.67. The van der Waals surface area contributed by atoms with E-state index in [1.54, 1.807) is 0 Å². The van der Waals surface area contributed by atoms with E-state index in [4.69, 9.17) is 0 Å². The molecular weight excluding hydrogens is 162 g/mol. The van der Waals surface area contributed by atoms with Gasteiger partial charge >= 0.3 is 6.05 Å². The Morgan fingerprint density at radius 1 is 1.50 bits per heavy atom. The van der Waals surface area contributed by atoms with Crippen molar-refractivity contribution in [2.24, 2.45) is 0 Å². The molecule has 1 rings (SSSR count). The Kier molecular flexibility index (Phi) is 2.17. The van der Waals surface area contributed by atoms with Gasteiger partial charge in [0.15, 0.2) is 0 Å². The monoisotopic (exact) mass is 174 g/mol. The van der Waals surface area contributed by atoms with Crippen LogP contribution in [0.2, 0.25) is 0 Å². The van der Waals surface area contributed by atoms with Gasteiger partial charge in [-0.25, -0.2) is 4.68 Å². The Bertz CT molecular complexity index is 260. The predicted molar refractivity (Wildman–Crippen MR) is 42.2 cm³/mol. The Labute approximate surface area is 70.2 Å². The van der Waals surface area contributed by atoms with Crippen LogP contribution in [0.5, 0.6) is 0 Å². The van der Waals surface area contributed by atoms with Crippen molar-refractivity contribution in [2.75, 3.05) is 0 Å². The van der Waals surface area contributed by atoms with Crippen molar-refractivity contribution in [2.45, 2.75) is 32.7 Å². The maximum atomic E-state index is 12.6. The number of hydrogen-bond donors (Lipinski definition) is 0. The minimum absolute atomic E-state index is 0.237. The van der Waals surface area contributed by atoms with Crippen LogP contribution in [0.4, 0.5) is 8.78 Å². The number of halogens is 2. The molecule has 1 heterocycles. The molecule has 0 aliphatic heterocycles. The van der Waals surface area contributed by atoms with Gasteiger partial charge in [-0.05, 0) is 11.5 Å². The fourth-order valence-corrected chi connectivity index (χ4v) is 0.850. The maximum absolute atomic E-state index is 12.6. The summed E-state index contributed by atoms with van der Waals surface area (Å²) in [6.45, 7) is 4.70. The lowest BCUT2D eigenvalue weighted by Crippen LogP contribution is -2.18. The van der Waals surface area contributed by atoms with Gasteiger partial charge in [-0.3, -0.25) is 0 Å². The van der Waals surface area contributed by atoms with Crippen LogP contribution in [0.25, 0.3) is 0 Å². The molecule has 0 atom stereocenters. The molecular formula is C8H12F2N2. The number of aromatic nitrogens is 2. The van der Waals surface area contributed by atoms with Crippen molar-refractivity contribution in [1.82, 2.24) is 9.78 Å². The lowest BCUT2D eigenvalue weighted by Gasteiger charge is -2.09. The topological polar surface area (TPSA) is 17.8 Å². The van der Waals surface area contributed by atoms with E-state index >= 15 is 0 Å². The van der Waals surface area contributed by atoms with Crippen LogP contribution in [-0.4, -0.2) is 9.78 Å². The molecule has 0 spiro atoms. The van der Waals surface area contributed by atoms with Crippen LogP contribution in [0.3, 0.4) is 0 Å². The van der Waals surface area contributed by atoms with Gasteiger partial charge in [0.05, 0.1) is 6.20 Å². The van der Waals surface area contributed by atoms with E-state index in [-0.39, 0.29) is 5.92 Å². The molecule has 1 aromatic heterocycles. The van der Waals surface area contributed by atoms with E-state index in [9.17, 15) is 8.78 Å². The Morgan fingerprint density at radius 2 is 2.08 bits per heavy atom. The number of nitrogens with zero attached hydrogens (tertiary/aromatic N) is 2. The zero-order valence-electron chi connectivity index (χ0n) is 7.38. The van der Waals surface area contributed by atoms with E-state index in [1.165, 1.54) is 12.4 Å². The van der Waals surface area contributed by atoms with Crippen LogP contribution in [0.15, 0.2) is 12.4 Å². The molecule has 0 radical (unpaired) electrons. The summed E-state index contributed by atoms with van der Waals surface area (Å²) in [5, 5.41) is 3.58. The van der Waals surface area contributed by atoms with Gasteiger partial charge in [-0.1, -0.05) is 13.8 Å². The molecule has 0 aliphatic rings. The van der Waals surface area contributed by atoms with Gasteiger partial charge in [0.2, 0.25) is 0 Å². The molecule has 68 valence electrons. The van der Waals surface area contributed by atoms with Crippen molar-refractivity contribution in [3.8, 4) is 0 Å². The van der Waals surface area contributed by atoms with E-state index in [0.717, 1.165) is 12.5 Å². The second kappa shape index (κ2) is 2.84. The maximum Gasteiger partial charge on any atom is 0.340 e. The second-order valence-corrected chi connectivity index (χ2v) is 3.21. The summed E-state index contributed by atoms with van der Waals surface area (Å²) in [5.74, 6) is 0.237. The molecule has 0 aliphatic carbocycles. The molecule has 0 amide bonds. The molecule has 4 heteroatoms. The van der Waals surface area contributed by atoms with Crippen LogP contribution < -0.4 is 0 Å². The largest absolute Gasteiger partial charge is 0.340 e. The molecule has 0 fully saturated rings. The third kappa shape index (κ3) is 1.81. The first kappa shape index (κ1) is 9.16.